The van der Waals surface area contributed by atoms with E-state index in [1.165, 1.54) is 24.8 Å². The van der Waals surface area contributed by atoms with Crippen LogP contribution in [0.3, 0.4) is 0 Å². The molecule has 2 atom stereocenters. The van der Waals surface area contributed by atoms with Gasteiger partial charge < -0.3 is 4.74 Å². The Morgan fingerprint density at radius 3 is 2.04 bits per heavy atom. The van der Waals surface area contributed by atoms with Crippen LogP contribution in [0, 0.1) is 11.8 Å². The van der Waals surface area contributed by atoms with E-state index >= 15 is 0 Å². The third-order valence-electron chi connectivity index (χ3n) is 4.82. The van der Waals surface area contributed by atoms with Gasteiger partial charge in [0.1, 0.15) is 18.3 Å². The monoisotopic (exact) mass is 396 g/mol. The van der Waals surface area contributed by atoms with Gasteiger partial charge in [0.15, 0.2) is 0 Å². The highest BCUT2D eigenvalue weighted by Crippen LogP contribution is 2.32. The Kier molecular flexibility index (Phi) is 17.8. The van der Waals surface area contributed by atoms with Crippen LogP contribution in [0.5, 0.6) is 0 Å². The maximum absolute atomic E-state index is 13.0. The second-order valence-corrected chi connectivity index (χ2v) is 6.91. The minimum absolute atomic E-state index is 0.211. The zero-order valence-corrected chi connectivity index (χ0v) is 19.0. The smallest absolute Gasteiger partial charge is 0.146 e. The van der Waals surface area contributed by atoms with Crippen LogP contribution in [0.25, 0.3) is 0 Å². The highest BCUT2D eigenvalue weighted by molar-refractivity contribution is 5.44. The molecule has 0 N–H and O–H groups in total. The third kappa shape index (κ3) is 12.7. The number of ether oxygens (including phenoxy) is 1. The second kappa shape index (κ2) is 17.5. The number of halogens is 2. The summed E-state index contributed by atoms with van der Waals surface area (Å²) in [5, 5.41) is 0. The van der Waals surface area contributed by atoms with Crippen molar-refractivity contribution in [3.05, 3.63) is 60.2 Å². The molecule has 0 saturated carbocycles. The average Bonchev–Trinajstić information content (AvgIpc) is 2.73. The molecule has 28 heavy (non-hydrogen) atoms. The lowest BCUT2D eigenvalue weighted by Gasteiger charge is -2.21. The molecule has 2 unspecified atom stereocenters. The maximum Gasteiger partial charge on any atom is 0.146 e. The molecule has 3 heteroatoms. The van der Waals surface area contributed by atoms with Crippen molar-refractivity contribution in [1.82, 2.24) is 0 Å². The van der Waals surface area contributed by atoms with E-state index in [2.05, 4.69) is 51.3 Å². The first-order valence-electron chi connectivity index (χ1n) is 10.6. The van der Waals surface area contributed by atoms with Crippen molar-refractivity contribution in [1.29, 1.82) is 0 Å². The summed E-state index contributed by atoms with van der Waals surface area (Å²) in [6.07, 6.45) is 9.90. The molecule has 0 aliphatic heterocycles. The van der Waals surface area contributed by atoms with Gasteiger partial charge in [-0.25, -0.2) is 8.78 Å². The minimum Gasteiger partial charge on any atom is -0.496 e. The summed E-state index contributed by atoms with van der Waals surface area (Å²) in [5.41, 5.74) is 2.94. The predicted octanol–water partition coefficient (Wildman–Crippen LogP) is 8.67. The number of alkyl halides is 1. The summed E-state index contributed by atoms with van der Waals surface area (Å²) >= 11 is 0. The second-order valence-electron chi connectivity index (χ2n) is 6.91. The fourth-order valence-electron chi connectivity index (χ4n) is 2.66. The van der Waals surface area contributed by atoms with Crippen molar-refractivity contribution in [2.24, 2.45) is 11.8 Å². The Labute approximate surface area is 173 Å². The Morgan fingerprint density at radius 1 is 1.07 bits per heavy atom. The van der Waals surface area contributed by atoms with Gasteiger partial charge in [-0.2, -0.15) is 0 Å². The van der Waals surface area contributed by atoms with Crippen molar-refractivity contribution in [2.45, 2.75) is 73.6 Å². The SMILES string of the molecule is C=C(CF)OCC.C=C(F)C(=C)C1=CC=C(C(C)CCC(C)CC)CC1.CC. The van der Waals surface area contributed by atoms with Gasteiger partial charge in [0, 0.05) is 5.57 Å². The van der Waals surface area contributed by atoms with Gasteiger partial charge in [0.05, 0.1) is 6.61 Å². The highest BCUT2D eigenvalue weighted by Gasteiger charge is 2.15. The molecule has 1 aliphatic carbocycles. The van der Waals surface area contributed by atoms with E-state index in [0.29, 0.717) is 18.1 Å². The zero-order valence-electron chi connectivity index (χ0n) is 19.0. The fourth-order valence-corrected chi connectivity index (χ4v) is 2.66. The molecule has 0 fully saturated rings. The van der Waals surface area contributed by atoms with Crippen molar-refractivity contribution in [3.8, 4) is 0 Å². The average molecular weight is 397 g/mol. The van der Waals surface area contributed by atoms with Gasteiger partial charge in [-0.3, -0.25) is 0 Å². The molecule has 1 nitrogen and oxygen atoms in total. The van der Waals surface area contributed by atoms with Crippen LogP contribution in [0.15, 0.2) is 60.2 Å². The fraction of sp³-hybridized carbons (Fsp3) is 0.600. The number of hydrogen-bond acceptors (Lipinski definition) is 1. The van der Waals surface area contributed by atoms with E-state index in [9.17, 15) is 8.78 Å². The van der Waals surface area contributed by atoms with E-state index in [-0.39, 0.29) is 5.76 Å². The van der Waals surface area contributed by atoms with Crippen LogP contribution in [0.4, 0.5) is 8.78 Å². The normalized spacial score (nSPS) is 14.7. The van der Waals surface area contributed by atoms with Gasteiger partial charge in [-0.15, -0.1) is 0 Å². The van der Waals surface area contributed by atoms with Gasteiger partial charge in [-0.05, 0) is 43.6 Å². The van der Waals surface area contributed by atoms with Gasteiger partial charge in [-0.1, -0.05) is 84.9 Å². The van der Waals surface area contributed by atoms with E-state index in [0.717, 1.165) is 24.3 Å². The first kappa shape index (κ1) is 28.6. The molecule has 0 aromatic rings. The Balaban J connectivity index is 0. The molecule has 0 heterocycles. The van der Waals surface area contributed by atoms with E-state index in [1.807, 2.05) is 19.9 Å². The summed E-state index contributed by atoms with van der Waals surface area (Å²) in [7, 11) is 0. The highest BCUT2D eigenvalue weighted by atomic mass is 19.1. The van der Waals surface area contributed by atoms with Crippen LogP contribution < -0.4 is 0 Å². The molecule has 162 valence electrons. The number of hydrogen-bond donors (Lipinski definition) is 0. The largest absolute Gasteiger partial charge is 0.496 e. The van der Waals surface area contributed by atoms with E-state index in [4.69, 9.17) is 0 Å². The molecule has 0 radical (unpaired) electrons. The summed E-state index contributed by atoms with van der Waals surface area (Å²) in [5.74, 6) is 1.25. The van der Waals surface area contributed by atoms with Gasteiger partial charge in [0.2, 0.25) is 0 Å². The Hall–Kier alpha value is -1.64. The number of rotatable bonds is 10. The lowest BCUT2D eigenvalue weighted by molar-refractivity contribution is 0.206. The van der Waals surface area contributed by atoms with Gasteiger partial charge in [0.25, 0.3) is 0 Å². The molecule has 0 spiro atoms. The molecule has 0 bridgehead atoms. The lowest BCUT2D eigenvalue weighted by atomic mass is 9.84. The van der Waals surface area contributed by atoms with Crippen LogP contribution in [-0.2, 0) is 4.74 Å². The molecule has 1 aliphatic rings. The Bertz CT molecular complexity index is 529. The molecule has 0 saturated heterocycles. The Morgan fingerprint density at radius 2 is 1.68 bits per heavy atom. The third-order valence-corrected chi connectivity index (χ3v) is 4.82. The summed E-state index contributed by atoms with van der Waals surface area (Å²) in [6.45, 7) is 22.9. The summed E-state index contributed by atoms with van der Waals surface area (Å²) in [4.78, 5) is 0. The minimum atomic E-state index is -0.576. The predicted molar refractivity (Wildman–Crippen MR) is 121 cm³/mol. The number of allylic oxidation sites excluding steroid dienone is 7. The molecule has 0 aromatic carbocycles. The lowest BCUT2D eigenvalue weighted by Crippen LogP contribution is -2.06. The topological polar surface area (TPSA) is 9.23 Å². The van der Waals surface area contributed by atoms with E-state index < -0.39 is 12.5 Å². The van der Waals surface area contributed by atoms with Crippen LogP contribution >= 0.6 is 0 Å². The molecule has 0 aromatic heterocycles. The quantitative estimate of drug-likeness (QED) is 0.265. The van der Waals surface area contributed by atoms with E-state index in [1.54, 1.807) is 6.92 Å². The van der Waals surface area contributed by atoms with Crippen molar-refractivity contribution >= 4 is 0 Å². The zero-order chi connectivity index (χ0) is 22.1. The van der Waals surface area contributed by atoms with Crippen molar-refractivity contribution in [3.63, 3.8) is 0 Å². The first-order chi connectivity index (χ1) is 13.3. The standard InChI is InChI=1S/C18H27F.C5H9FO.C2H6/c1-6-13(2)7-8-14(3)17-9-11-18(12-10-17)15(4)16(5)19;1-3-7-5(2)4-6;1-2/h9,11,13-14H,4-8,10,12H2,1-3H3;2-4H2,1H3;1-2H3. The summed E-state index contributed by atoms with van der Waals surface area (Å²) in [6, 6.07) is 0. The maximum atomic E-state index is 13.0. The molecule has 0 amide bonds. The molecular weight excluding hydrogens is 354 g/mol. The van der Waals surface area contributed by atoms with Crippen molar-refractivity contribution in [2.75, 3.05) is 13.3 Å². The van der Waals surface area contributed by atoms with Crippen LogP contribution in [-0.4, -0.2) is 13.3 Å². The molecule has 1 rings (SSSR count). The summed E-state index contributed by atoms with van der Waals surface area (Å²) < 4.78 is 29.0. The van der Waals surface area contributed by atoms with Gasteiger partial charge >= 0.3 is 0 Å². The first-order valence-corrected chi connectivity index (χ1v) is 10.6. The van der Waals surface area contributed by atoms with Crippen LogP contribution in [0.1, 0.15) is 73.6 Å². The molecular formula is C25H42F2O. The van der Waals surface area contributed by atoms with Crippen LogP contribution in [0.2, 0.25) is 0 Å². The van der Waals surface area contributed by atoms with Crippen molar-refractivity contribution < 1.29 is 13.5 Å².